The van der Waals surface area contributed by atoms with Crippen LogP contribution >= 0.6 is 24.0 Å². The van der Waals surface area contributed by atoms with Crippen molar-refractivity contribution in [3.63, 3.8) is 0 Å². The molecule has 1 fully saturated rings. The molecule has 3 aromatic rings. The van der Waals surface area contributed by atoms with Crippen LogP contribution in [0.4, 0.5) is 0 Å². The highest BCUT2D eigenvalue weighted by Gasteiger charge is 2.23. The fraction of sp³-hybridized carbons (Fsp3) is 0.360. The highest BCUT2D eigenvalue weighted by atomic mass is 127. The summed E-state index contributed by atoms with van der Waals surface area (Å²) in [7, 11) is 1.80. The molecule has 170 valence electrons. The second-order valence-corrected chi connectivity index (χ2v) is 7.99. The van der Waals surface area contributed by atoms with Crippen LogP contribution in [0.2, 0.25) is 0 Å². The predicted molar refractivity (Wildman–Crippen MR) is 140 cm³/mol. The third-order valence-electron chi connectivity index (χ3n) is 5.74. The van der Waals surface area contributed by atoms with E-state index < -0.39 is 0 Å². The molecule has 0 radical (unpaired) electrons. The van der Waals surface area contributed by atoms with Gasteiger partial charge in [0.05, 0.1) is 18.3 Å². The van der Waals surface area contributed by atoms with E-state index in [0.717, 1.165) is 36.9 Å². The van der Waals surface area contributed by atoms with Crippen LogP contribution in [0.3, 0.4) is 0 Å². The van der Waals surface area contributed by atoms with E-state index in [1.165, 1.54) is 24.0 Å². The Balaban J connectivity index is 0.00000289. The van der Waals surface area contributed by atoms with E-state index in [1.54, 1.807) is 13.3 Å². The summed E-state index contributed by atoms with van der Waals surface area (Å²) < 4.78 is 5.63. The summed E-state index contributed by atoms with van der Waals surface area (Å²) in [5, 5.41) is 6.86. The van der Waals surface area contributed by atoms with Crippen molar-refractivity contribution in [3.8, 4) is 11.5 Å². The zero-order chi connectivity index (χ0) is 21.5. The summed E-state index contributed by atoms with van der Waals surface area (Å²) >= 11 is 0. The Morgan fingerprint density at radius 2 is 1.78 bits per heavy atom. The summed E-state index contributed by atoms with van der Waals surface area (Å²) in [6, 6.07) is 19.1. The molecular weight excluding hydrogens is 513 g/mol. The molecule has 1 saturated heterocycles. The molecule has 6 nitrogen and oxygen atoms in total. The second kappa shape index (κ2) is 12.0. The summed E-state index contributed by atoms with van der Waals surface area (Å²) in [5.74, 6) is 1.40. The van der Waals surface area contributed by atoms with E-state index >= 15 is 0 Å². The van der Waals surface area contributed by atoms with Crippen molar-refractivity contribution in [1.29, 1.82) is 0 Å². The van der Waals surface area contributed by atoms with Gasteiger partial charge >= 0.3 is 0 Å². The van der Waals surface area contributed by atoms with Gasteiger partial charge in [-0.05, 0) is 50.6 Å². The normalized spacial score (nSPS) is 15.2. The Labute approximate surface area is 207 Å². The quantitative estimate of drug-likeness (QED) is 0.255. The predicted octanol–water partition coefficient (Wildman–Crippen LogP) is 4.77. The van der Waals surface area contributed by atoms with E-state index in [1.807, 2.05) is 30.3 Å². The van der Waals surface area contributed by atoms with Crippen LogP contribution in [0.1, 0.15) is 35.7 Å². The van der Waals surface area contributed by atoms with Crippen LogP contribution in [0, 0.1) is 6.92 Å². The van der Waals surface area contributed by atoms with Gasteiger partial charge < -0.3 is 15.1 Å². The average Bonchev–Trinajstić information content (AvgIpc) is 3.50. The molecule has 1 aliphatic rings. The van der Waals surface area contributed by atoms with Crippen molar-refractivity contribution in [3.05, 3.63) is 77.7 Å². The molecular formula is C25H32IN5O. The molecule has 2 aromatic carbocycles. The van der Waals surface area contributed by atoms with E-state index in [-0.39, 0.29) is 24.0 Å². The van der Waals surface area contributed by atoms with Gasteiger partial charge in [0.2, 0.25) is 5.89 Å². The van der Waals surface area contributed by atoms with E-state index in [0.29, 0.717) is 18.5 Å². The number of nitrogens with one attached hydrogen (secondary N) is 2. The first-order chi connectivity index (χ1) is 15.2. The molecule has 32 heavy (non-hydrogen) atoms. The van der Waals surface area contributed by atoms with Gasteiger partial charge in [0.15, 0.2) is 5.96 Å². The monoisotopic (exact) mass is 545 g/mol. The molecule has 2 heterocycles. The maximum Gasteiger partial charge on any atom is 0.226 e. The Morgan fingerprint density at radius 1 is 1.06 bits per heavy atom. The summed E-state index contributed by atoms with van der Waals surface area (Å²) in [6.45, 7) is 5.78. The molecule has 0 bridgehead atoms. The molecule has 0 amide bonds. The minimum Gasteiger partial charge on any atom is -0.444 e. The number of hydrogen-bond donors (Lipinski definition) is 2. The van der Waals surface area contributed by atoms with Gasteiger partial charge in [-0.2, -0.15) is 0 Å². The van der Waals surface area contributed by atoms with Crippen LogP contribution in [0.15, 0.2) is 70.3 Å². The average molecular weight is 545 g/mol. The van der Waals surface area contributed by atoms with Crippen LogP contribution < -0.4 is 10.6 Å². The number of nitrogens with zero attached hydrogens (tertiary/aromatic N) is 3. The molecule has 0 spiro atoms. The summed E-state index contributed by atoms with van der Waals surface area (Å²) in [6.07, 6.45) is 4.23. The molecule has 1 atom stereocenters. The lowest BCUT2D eigenvalue weighted by molar-refractivity contribution is 0.245. The third kappa shape index (κ3) is 6.32. The fourth-order valence-corrected chi connectivity index (χ4v) is 3.99. The largest absolute Gasteiger partial charge is 0.444 e. The van der Waals surface area contributed by atoms with Crippen molar-refractivity contribution in [2.45, 2.75) is 32.4 Å². The SMILES string of the molecule is CN=C(NCc1coc(-c2ccccc2)n1)NCC(c1ccc(C)cc1)N1CCCC1.I. The highest BCUT2D eigenvalue weighted by Crippen LogP contribution is 2.25. The van der Waals surface area contributed by atoms with E-state index in [9.17, 15) is 0 Å². The molecule has 4 rings (SSSR count). The first-order valence-electron chi connectivity index (χ1n) is 11.0. The highest BCUT2D eigenvalue weighted by molar-refractivity contribution is 14.0. The van der Waals surface area contributed by atoms with E-state index in [2.05, 4.69) is 56.7 Å². The lowest BCUT2D eigenvalue weighted by atomic mass is 10.0. The summed E-state index contributed by atoms with van der Waals surface area (Å²) in [5.41, 5.74) is 4.45. The van der Waals surface area contributed by atoms with Crippen molar-refractivity contribution in [1.82, 2.24) is 20.5 Å². The van der Waals surface area contributed by atoms with Crippen LogP contribution in [0.5, 0.6) is 0 Å². The zero-order valence-corrected chi connectivity index (χ0v) is 21.1. The van der Waals surface area contributed by atoms with Crippen LogP contribution in [-0.4, -0.2) is 42.5 Å². The van der Waals surface area contributed by atoms with Gasteiger partial charge in [-0.25, -0.2) is 4.98 Å². The van der Waals surface area contributed by atoms with Crippen molar-refractivity contribution in [2.75, 3.05) is 26.7 Å². The number of guanidine groups is 1. The number of aryl methyl sites for hydroxylation is 1. The number of halogens is 1. The Morgan fingerprint density at radius 3 is 2.47 bits per heavy atom. The smallest absolute Gasteiger partial charge is 0.226 e. The number of likely N-dealkylation sites (tertiary alicyclic amines) is 1. The molecule has 1 aromatic heterocycles. The van der Waals surface area contributed by atoms with Gasteiger partial charge in [0.1, 0.15) is 6.26 Å². The first kappa shape index (κ1) is 24.3. The second-order valence-electron chi connectivity index (χ2n) is 7.99. The van der Waals surface area contributed by atoms with Gasteiger partial charge in [-0.3, -0.25) is 9.89 Å². The Kier molecular flexibility index (Phi) is 9.11. The minimum atomic E-state index is 0. The fourth-order valence-electron chi connectivity index (χ4n) is 3.99. The molecule has 2 N–H and O–H groups in total. The standard InChI is InChI=1S/C25H31N5O.HI/c1-19-10-12-20(13-11-19)23(30-14-6-7-15-30)17-28-25(26-2)27-16-22-18-31-24(29-22)21-8-4-3-5-9-21;/h3-5,8-13,18,23H,6-7,14-17H2,1-2H3,(H2,26,27,28);1H. The molecule has 1 aliphatic heterocycles. The van der Waals surface area contributed by atoms with Crippen LogP contribution in [0.25, 0.3) is 11.5 Å². The lowest BCUT2D eigenvalue weighted by Crippen LogP contribution is -2.42. The van der Waals surface area contributed by atoms with Crippen molar-refractivity contribution >= 4 is 29.9 Å². The van der Waals surface area contributed by atoms with E-state index in [4.69, 9.17) is 4.42 Å². The van der Waals surface area contributed by atoms with Crippen molar-refractivity contribution in [2.24, 2.45) is 4.99 Å². The minimum absolute atomic E-state index is 0. The summed E-state index contributed by atoms with van der Waals surface area (Å²) in [4.78, 5) is 11.5. The molecule has 0 aliphatic carbocycles. The number of hydrogen-bond acceptors (Lipinski definition) is 4. The van der Waals surface area contributed by atoms with Gasteiger partial charge in [-0.15, -0.1) is 24.0 Å². The number of aromatic nitrogens is 1. The third-order valence-corrected chi connectivity index (χ3v) is 5.74. The molecule has 1 unspecified atom stereocenters. The Bertz CT molecular complexity index is 981. The lowest BCUT2D eigenvalue weighted by Gasteiger charge is -2.29. The molecule has 7 heteroatoms. The maximum absolute atomic E-state index is 5.63. The maximum atomic E-state index is 5.63. The first-order valence-corrected chi connectivity index (χ1v) is 11.0. The van der Waals surface area contributed by atoms with Crippen LogP contribution in [-0.2, 0) is 6.54 Å². The topological polar surface area (TPSA) is 65.7 Å². The number of oxazole rings is 1. The van der Waals surface area contributed by atoms with Gasteiger partial charge in [-0.1, -0.05) is 48.0 Å². The Hall–Kier alpha value is -2.39. The van der Waals surface area contributed by atoms with Crippen molar-refractivity contribution < 1.29 is 4.42 Å². The zero-order valence-electron chi connectivity index (χ0n) is 18.8. The number of aliphatic imine (C=N–C) groups is 1. The van der Waals surface area contributed by atoms with Gasteiger partial charge in [0, 0.05) is 19.2 Å². The molecule has 0 saturated carbocycles. The number of benzene rings is 2. The number of rotatable bonds is 7. The van der Waals surface area contributed by atoms with Gasteiger partial charge in [0.25, 0.3) is 0 Å².